The van der Waals surface area contributed by atoms with Crippen molar-refractivity contribution >= 4 is 17.6 Å². The van der Waals surface area contributed by atoms with Crippen LogP contribution in [0.15, 0.2) is 6.07 Å². The summed E-state index contributed by atoms with van der Waals surface area (Å²) in [5.41, 5.74) is 6.39. The van der Waals surface area contributed by atoms with E-state index in [1.54, 1.807) is 0 Å². The number of carbonyl (C=O) groups excluding carboxylic acids is 2. The Bertz CT molecular complexity index is 737. The number of likely N-dealkylation sites (tertiary alicyclic amines) is 1. The van der Waals surface area contributed by atoms with Crippen molar-refractivity contribution in [2.75, 3.05) is 44.2 Å². The number of amides is 2. The molecule has 2 saturated heterocycles. The molecular weight excluding hydrogens is 368 g/mol. The Morgan fingerprint density at radius 3 is 2.21 bits per heavy atom. The number of piperazine rings is 1. The molecule has 0 aromatic carbocycles. The van der Waals surface area contributed by atoms with Crippen molar-refractivity contribution in [3.63, 3.8) is 0 Å². The topological polar surface area (TPSA) is 95.7 Å². The SMILES string of the molecule is Cc1cc(N2CCN([C@@H](C)C(=O)N3CCC(C(N)=O)CC3)CC2)nc(C(C)C)n1. The number of aryl methyl sites for hydroxylation is 1. The van der Waals surface area contributed by atoms with Crippen LogP contribution < -0.4 is 10.6 Å². The predicted octanol–water partition coefficient (Wildman–Crippen LogP) is 1.14. The Kier molecular flexibility index (Phi) is 6.72. The van der Waals surface area contributed by atoms with Crippen LogP contribution >= 0.6 is 0 Å². The van der Waals surface area contributed by atoms with Crippen molar-refractivity contribution in [3.05, 3.63) is 17.6 Å². The average Bonchev–Trinajstić information content (AvgIpc) is 2.72. The first-order chi connectivity index (χ1) is 13.8. The molecule has 0 radical (unpaired) electrons. The number of anilines is 1. The molecule has 29 heavy (non-hydrogen) atoms. The summed E-state index contributed by atoms with van der Waals surface area (Å²) in [5.74, 6) is 1.97. The minimum absolute atomic E-state index is 0.0926. The summed E-state index contributed by atoms with van der Waals surface area (Å²) in [6, 6.07) is 1.89. The van der Waals surface area contributed by atoms with Crippen LogP contribution in [0.25, 0.3) is 0 Å². The monoisotopic (exact) mass is 402 g/mol. The van der Waals surface area contributed by atoms with Crippen molar-refractivity contribution in [3.8, 4) is 0 Å². The smallest absolute Gasteiger partial charge is 0.239 e. The van der Waals surface area contributed by atoms with Gasteiger partial charge in [0, 0.05) is 62.9 Å². The Hall–Kier alpha value is -2.22. The fourth-order valence-electron chi connectivity index (χ4n) is 4.14. The van der Waals surface area contributed by atoms with E-state index < -0.39 is 0 Å². The van der Waals surface area contributed by atoms with E-state index in [9.17, 15) is 9.59 Å². The molecule has 160 valence electrons. The van der Waals surface area contributed by atoms with Crippen LogP contribution in [0.3, 0.4) is 0 Å². The quantitative estimate of drug-likeness (QED) is 0.794. The summed E-state index contributed by atoms with van der Waals surface area (Å²) in [7, 11) is 0. The molecule has 0 bridgehead atoms. The average molecular weight is 403 g/mol. The number of carbonyl (C=O) groups is 2. The van der Waals surface area contributed by atoms with Crippen molar-refractivity contribution < 1.29 is 9.59 Å². The van der Waals surface area contributed by atoms with E-state index in [0.29, 0.717) is 31.8 Å². The maximum atomic E-state index is 12.9. The van der Waals surface area contributed by atoms with Gasteiger partial charge in [-0.25, -0.2) is 9.97 Å². The van der Waals surface area contributed by atoms with E-state index >= 15 is 0 Å². The third-order valence-corrected chi connectivity index (χ3v) is 6.13. The summed E-state index contributed by atoms with van der Waals surface area (Å²) >= 11 is 0. The zero-order valence-corrected chi connectivity index (χ0v) is 18.1. The third-order valence-electron chi connectivity index (χ3n) is 6.13. The molecule has 1 atom stereocenters. The number of hydrogen-bond acceptors (Lipinski definition) is 6. The molecular formula is C21H34N6O2. The zero-order chi connectivity index (χ0) is 21.1. The first-order valence-corrected chi connectivity index (χ1v) is 10.7. The number of piperidine rings is 1. The van der Waals surface area contributed by atoms with Crippen LogP contribution in [0.2, 0.25) is 0 Å². The van der Waals surface area contributed by atoms with E-state index in [1.165, 1.54) is 0 Å². The van der Waals surface area contributed by atoms with Crippen molar-refractivity contribution in [1.29, 1.82) is 0 Å². The Balaban J connectivity index is 1.55. The van der Waals surface area contributed by atoms with E-state index in [1.807, 2.05) is 24.8 Å². The van der Waals surface area contributed by atoms with Crippen LogP contribution in [0.1, 0.15) is 51.0 Å². The predicted molar refractivity (Wildman–Crippen MR) is 113 cm³/mol. The van der Waals surface area contributed by atoms with Gasteiger partial charge >= 0.3 is 0 Å². The highest BCUT2D eigenvalue weighted by Crippen LogP contribution is 2.21. The minimum Gasteiger partial charge on any atom is -0.369 e. The van der Waals surface area contributed by atoms with Gasteiger partial charge in [0.1, 0.15) is 11.6 Å². The fraction of sp³-hybridized carbons (Fsp3) is 0.714. The van der Waals surface area contributed by atoms with Crippen LogP contribution in [0.4, 0.5) is 5.82 Å². The Morgan fingerprint density at radius 2 is 1.66 bits per heavy atom. The lowest BCUT2D eigenvalue weighted by Crippen LogP contribution is -2.55. The lowest BCUT2D eigenvalue weighted by atomic mass is 9.96. The molecule has 0 unspecified atom stereocenters. The largest absolute Gasteiger partial charge is 0.369 e. The molecule has 1 aromatic rings. The molecule has 2 aliphatic heterocycles. The molecule has 3 heterocycles. The van der Waals surface area contributed by atoms with Gasteiger partial charge in [0.2, 0.25) is 11.8 Å². The second-order valence-electron chi connectivity index (χ2n) is 8.58. The normalized spacial score (nSPS) is 20.2. The molecule has 2 N–H and O–H groups in total. The van der Waals surface area contributed by atoms with Gasteiger partial charge in [-0.2, -0.15) is 0 Å². The molecule has 0 aliphatic carbocycles. The van der Waals surface area contributed by atoms with Gasteiger partial charge in [0.15, 0.2) is 0 Å². The maximum absolute atomic E-state index is 12.9. The lowest BCUT2D eigenvalue weighted by molar-refractivity contribution is -0.139. The summed E-state index contributed by atoms with van der Waals surface area (Å²) < 4.78 is 0. The van der Waals surface area contributed by atoms with Crippen LogP contribution in [0.5, 0.6) is 0 Å². The van der Waals surface area contributed by atoms with Gasteiger partial charge in [-0.15, -0.1) is 0 Å². The van der Waals surface area contributed by atoms with E-state index in [4.69, 9.17) is 10.7 Å². The van der Waals surface area contributed by atoms with Crippen LogP contribution in [0, 0.1) is 12.8 Å². The number of primary amides is 1. The van der Waals surface area contributed by atoms with Gasteiger partial charge in [-0.05, 0) is 26.7 Å². The van der Waals surface area contributed by atoms with Gasteiger partial charge in [-0.1, -0.05) is 13.8 Å². The van der Waals surface area contributed by atoms with Crippen LogP contribution in [-0.4, -0.2) is 76.9 Å². The summed E-state index contributed by atoms with van der Waals surface area (Å²) in [6.07, 6.45) is 1.35. The molecule has 0 spiro atoms. The number of rotatable bonds is 5. The molecule has 8 heteroatoms. The summed E-state index contributed by atoms with van der Waals surface area (Å²) in [5, 5.41) is 0. The first kappa shape index (κ1) is 21.5. The first-order valence-electron chi connectivity index (χ1n) is 10.7. The number of hydrogen-bond donors (Lipinski definition) is 1. The van der Waals surface area contributed by atoms with Crippen molar-refractivity contribution in [2.45, 2.75) is 52.5 Å². The van der Waals surface area contributed by atoms with Crippen LogP contribution in [-0.2, 0) is 9.59 Å². The lowest BCUT2D eigenvalue weighted by Gasteiger charge is -2.40. The van der Waals surface area contributed by atoms with Crippen molar-refractivity contribution in [2.24, 2.45) is 11.7 Å². The molecule has 2 amide bonds. The second kappa shape index (κ2) is 9.07. The summed E-state index contributed by atoms with van der Waals surface area (Å²) in [4.78, 5) is 40.0. The second-order valence-corrected chi connectivity index (χ2v) is 8.58. The number of nitrogens with two attached hydrogens (primary N) is 1. The molecule has 8 nitrogen and oxygen atoms in total. The molecule has 0 saturated carbocycles. The highest BCUT2D eigenvalue weighted by Gasteiger charge is 2.32. The maximum Gasteiger partial charge on any atom is 0.239 e. The Morgan fingerprint density at radius 1 is 1.03 bits per heavy atom. The van der Waals surface area contributed by atoms with Gasteiger partial charge in [0.25, 0.3) is 0 Å². The van der Waals surface area contributed by atoms with Gasteiger partial charge in [0.05, 0.1) is 6.04 Å². The van der Waals surface area contributed by atoms with E-state index in [2.05, 4.69) is 28.6 Å². The minimum atomic E-state index is -0.248. The fourth-order valence-corrected chi connectivity index (χ4v) is 4.14. The van der Waals surface area contributed by atoms with Gasteiger partial charge < -0.3 is 15.5 Å². The molecule has 1 aromatic heterocycles. The van der Waals surface area contributed by atoms with E-state index in [-0.39, 0.29) is 23.8 Å². The highest BCUT2D eigenvalue weighted by molar-refractivity contribution is 5.82. The highest BCUT2D eigenvalue weighted by atomic mass is 16.2. The summed E-state index contributed by atoms with van der Waals surface area (Å²) in [6.45, 7) is 12.8. The Labute approximate surface area is 173 Å². The number of nitrogens with zero attached hydrogens (tertiary/aromatic N) is 5. The molecule has 2 aliphatic rings. The third kappa shape index (κ3) is 5.04. The standard InChI is InChI=1S/C21H34N6O2/c1-14(2)20-23-15(3)13-18(24-20)26-11-9-25(10-12-26)16(4)21(29)27-7-5-17(6-8-27)19(22)28/h13-14,16-17H,5-12H2,1-4H3,(H2,22,28)/t16-/m0/s1. The van der Waals surface area contributed by atoms with Gasteiger partial charge in [-0.3, -0.25) is 14.5 Å². The zero-order valence-electron chi connectivity index (χ0n) is 18.1. The molecule has 2 fully saturated rings. The molecule has 3 rings (SSSR count). The van der Waals surface area contributed by atoms with Crippen molar-refractivity contribution in [1.82, 2.24) is 19.8 Å². The van der Waals surface area contributed by atoms with E-state index in [0.717, 1.165) is 43.5 Å². The number of aromatic nitrogens is 2.